The largest absolute Gasteiger partial charge is 0.477 e. The van der Waals surface area contributed by atoms with E-state index in [2.05, 4.69) is 25.6 Å². The van der Waals surface area contributed by atoms with Gasteiger partial charge in [0.15, 0.2) is 16.6 Å². The van der Waals surface area contributed by atoms with E-state index in [1.807, 2.05) is 0 Å². The van der Waals surface area contributed by atoms with E-state index < -0.39 is 34.9 Å². The van der Waals surface area contributed by atoms with Crippen LogP contribution in [0, 0.1) is 0 Å². The van der Waals surface area contributed by atoms with Gasteiger partial charge in [-0.05, 0) is 11.6 Å². The number of nitrogens with two attached hydrogens (primary N) is 1. The van der Waals surface area contributed by atoms with Crippen LogP contribution in [-0.4, -0.2) is 71.0 Å². The van der Waals surface area contributed by atoms with Crippen LogP contribution in [0.3, 0.4) is 0 Å². The number of allylic oxidation sites excluding steroid dienone is 1. The SMILES string of the molecule is Nc1nc(/C(=N/O)C(=O)N[C@@H]2C(=O)N3C(C(=O)O)=C(/C=C/c4cc(-c5nccs5)no4)CS[C@H]23)c(Cl)s1. The number of carbonyl (C=O) groups excluding carboxylic acids is 2. The topological polar surface area (TPSA) is 197 Å². The number of β-lactam (4-membered cyclic amide) rings is 1. The Morgan fingerprint density at radius 3 is 2.84 bits per heavy atom. The Morgan fingerprint density at radius 1 is 1.38 bits per heavy atom. The number of nitrogens with zero attached hydrogens (tertiary/aromatic N) is 5. The number of amides is 2. The fourth-order valence-electron chi connectivity index (χ4n) is 3.65. The summed E-state index contributed by atoms with van der Waals surface area (Å²) in [4.78, 5) is 46.8. The number of thioether (sulfide) groups is 1. The fourth-order valence-corrected chi connectivity index (χ4v) is 6.48. The van der Waals surface area contributed by atoms with Crippen molar-refractivity contribution in [2.45, 2.75) is 11.4 Å². The van der Waals surface area contributed by atoms with Crippen LogP contribution in [0.5, 0.6) is 0 Å². The van der Waals surface area contributed by atoms with Crippen LogP contribution in [0.1, 0.15) is 11.5 Å². The number of aromatic nitrogens is 3. The van der Waals surface area contributed by atoms with Crippen molar-refractivity contribution in [3.8, 4) is 10.7 Å². The molecule has 1 fully saturated rings. The van der Waals surface area contributed by atoms with E-state index in [4.69, 9.17) is 21.9 Å². The summed E-state index contributed by atoms with van der Waals surface area (Å²) in [6, 6.07) is 0.608. The maximum absolute atomic E-state index is 12.9. The minimum absolute atomic E-state index is 0.0344. The van der Waals surface area contributed by atoms with Crippen LogP contribution in [0.25, 0.3) is 16.8 Å². The van der Waals surface area contributed by atoms with Gasteiger partial charge in [-0.2, -0.15) is 0 Å². The number of hydrogen-bond donors (Lipinski definition) is 4. The normalized spacial score (nSPS) is 19.8. The third-order valence-electron chi connectivity index (χ3n) is 5.26. The molecule has 5 heterocycles. The van der Waals surface area contributed by atoms with Crippen molar-refractivity contribution < 1.29 is 29.2 Å². The molecular formula is C20H14ClN7O6S3. The van der Waals surface area contributed by atoms with E-state index in [9.17, 15) is 24.7 Å². The molecule has 2 aliphatic rings. The Balaban J connectivity index is 1.33. The maximum atomic E-state index is 12.9. The van der Waals surface area contributed by atoms with Gasteiger partial charge in [0, 0.05) is 23.4 Å². The quantitative estimate of drug-likeness (QED) is 0.138. The zero-order valence-corrected chi connectivity index (χ0v) is 21.4. The highest BCUT2D eigenvalue weighted by molar-refractivity contribution is 8.00. The number of hydrogen-bond acceptors (Lipinski definition) is 13. The molecule has 0 unspecified atom stereocenters. The third-order valence-corrected chi connectivity index (χ3v) is 8.44. The molecule has 0 radical (unpaired) electrons. The highest BCUT2D eigenvalue weighted by Crippen LogP contribution is 2.41. The second-order valence-electron chi connectivity index (χ2n) is 7.45. The monoisotopic (exact) mass is 579 g/mol. The molecule has 0 bridgehead atoms. The molecule has 0 aromatic carbocycles. The summed E-state index contributed by atoms with van der Waals surface area (Å²) < 4.78 is 5.30. The molecule has 2 aliphatic heterocycles. The molecule has 190 valence electrons. The fraction of sp³-hybridized carbons (Fsp3) is 0.150. The van der Waals surface area contributed by atoms with Crippen LogP contribution in [0.15, 0.2) is 44.7 Å². The predicted molar refractivity (Wildman–Crippen MR) is 136 cm³/mol. The molecule has 0 aliphatic carbocycles. The number of thiazole rings is 2. The van der Waals surface area contributed by atoms with Crippen molar-refractivity contribution in [2.24, 2.45) is 5.16 Å². The summed E-state index contributed by atoms with van der Waals surface area (Å²) in [5, 5.41) is 30.4. The van der Waals surface area contributed by atoms with Crippen LogP contribution < -0.4 is 11.1 Å². The van der Waals surface area contributed by atoms with Crippen molar-refractivity contribution in [2.75, 3.05) is 11.5 Å². The second kappa shape index (κ2) is 9.97. The van der Waals surface area contributed by atoms with Crippen molar-refractivity contribution >= 4 is 80.7 Å². The highest BCUT2D eigenvalue weighted by Gasteiger charge is 2.54. The number of carbonyl (C=O) groups is 3. The molecule has 0 saturated carbocycles. The van der Waals surface area contributed by atoms with Crippen molar-refractivity contribution in [1.82, 2.24) is 25.3 Å². The molecule has 1 saturated heterocycles. The molecule has 17 heteroatoms. The number of rotatable bonds is 7. The lowest BCUT2D eigenvalue weighted by molar-refractivity contribution is -0.150. The molecule has 2 amide bonds. The Kier molecular flexibility index (Phi) is 6.72. The Bertz CT molecular complexity index is 1500. The number of anilines is 1. The van der Waals surface area contributed by atoms with Gasteiger partial charge < -0.3 is 25.9 Å². The number of oxime groups is 1. The number of carboxylic acids is 1. The maximum Gasteiger partial charge on any atom is 0.352 e. The lowest BCUT2D eigenvalue weighted by atomic mass is 10.0. The number of carboxylic acid groups (broad SMARTS) is 1. The summed E-state index contributed by atoms with van der Waals surface area (Å²) in [5.74, 6) is -2.23. The Morgan fingerprint density at radius 2 is 2.19 bits per heavy atom. The molecule has 13 nitrogen and oxygen atoms in total. The second-order valence-corrected chi connectivity index (χ2v) is 11.1. The average molecular weight is 580 g/mol. The summed E-state index contributed by atoms with van der Waals surface area (Å²) in [6.45, 7) is 0. The lowest BCUT2D eigenvalue weighted by Crippen LogP contribution is -2.71. The van der Waals surface area contributed by atoms with E-state index in [-0.39, 0.29) is 26.6 Å². The Hall–Kier alpha value is -3.73. The third kappa shape index (κ3) is 4.59. The highest BCUT2D eigenvalue weighted by atomic mass is 35.5. The summed E-state index contributed by atoms with van der Waals surface area (Å²) in [7, 11) is 0. The van der Waals surface area contributed by atoms with Gasteiger partial charge in [-0.15, -0.1) is 23.1 Å². The number of nitrogen functional groups attached to an aromatic ring is 1. The standard InChI is InChI=1S/C20H14ClN7O6S3/c21-14-10(25-20(22)37-14)11(26-33)15(29)24-12-17(30)28-13(19(31)32)7(6-36-18(12)28)1-2-8-5-9(27-34-8)16-23-3-4-35-16/h1-5,12,18,33H,6H2,(H2,22,25)(H,24,29)(H,31,32)/b2-1+,26-11-/t12-,18-/m1/s1. The van der Waals surface area contributed by atoms with Gasteiger partial charge in [0.25, 0.3) is 11.8 Å². The van der Waals surface area contributed by atoms with Crippen molar-refractivity contribution in [3.05, 3.63) is 50.8 Å². The van der Waals surface area contributed by atoms with Crippen molar-refractivity contribution in [3.63, 3.8) is 0 Å². The summed E-state index contributed by atoms with van der Waals surface area (Å²) in [6.07, 6.45) is 4.74. The Labute approximate surface area is 224 Å². The van der Waals surface area contributed by atoms with Gasteiger partial charge in [0.05, 0.1) is 0 Å². The zero-order valence-electron chi connectivity index (χ0n) is 18.2. The zero-order chi connectivity index (χ0) is 26.3. The number of fused-ring (bicyclic) bond motifs is 1. The smallest absolute Gasteiger partial charge is 0.352 e. The molecule has 3 aromatic rings. The minimum Gasteiger partial charge on any atom is -0.477 e. The van der Waals surface area contributed by atoms with Gasteiger partial charge in [-0.25, -0.2) is 14.8 Å². The number of nitrogens with one attached hydrogen (secondary N) is 1. The van der Waals surface area contributed by atoms with Crippen LogP contribution in [0.2, 0.25) is 4.34 Å². The van der Waals surface area contributed by atoms with Gasteiger partial charge in [-0.1, -0.05) is 39.3 Å². The van der Waals surface area contributed by atoms with E-state index in [1.54, 1.807) is 29.8 Å². The van der Waals surface area contributed by atoms with E-state index >= 15 is 0 Å². The van der Waals surface area contributed by atoms with Gasteiger partial charge >= 0.3 is 5.97 Å². The van der Waals surface area contributed by atoms with Gasteiger partial charge in [0.2, 0.25) is 0 Å². The van der Waals surface area contributed by atoms with Crippen LogP contribution in [-0.2, 0) is 14.4 Å². The van der Waals surface area contributed by atoms with E-state index in [0.717, 1.165) is 16.2 Å². The van der Waals surface area contributed by atoms with Crippen LogP contribution in [0.4, 0.5) is 5.13 Å². The van der Waals surface area contributed by atoms with E-state index in [1.165, 1.54) is 23.1 Å². The molecule has 5 N–H and O–H groups in total. The molecule has 2 atom stereocenters. The number of halogens is 1. The lowest BCUT2D eigenvalue weighted by Gasteiger charge is -2.49. The van der Waals surface area contributed by atoms with Crippen molar-refractivity contribution in [1.29, 1.82) is 0 Å². The summed E-state index contributed by atoms with van der Waals surface area (Å²) in [5.41, 5.74) is 5.64. The van der Waals surface area contributed by atoms with Gasteiger partial charge in [0.1, 0.15) is 37.8 Å². The minimum atomic E-state index is -1.30. The van der Waals surface area contributed by atoms with Gasteiger partial charge in [-0.3, -0.25) is 14.5 Å². The molecule has 5 rings (SSSR count). The molecular weight excluding hydrogens is 566 g/mol. The molecule has 3 aromatic heterocycles. The number of aliphatic carboxylic acids is 1. The average Bonchev–Trinajstić information content (AvgIpc) is 3.62. The molecule has 0 spiro atoms. The first-order valence-corrected chi connectivity index (χ1v) is 13.3. The predicted octanol–water partition coefficient (Wildman–Crippen LogP) is 2.12. The molecule has 37 heavy (non-hydrogen) atoms. The first-order chi connectivity index (χ1) is 17.8. The first-order valence-electron chi connectivity index (χ1n) is 10.2. The van der Waals surface area contributed by atoms with Crippen LogP contribution >= 0.6 is 46.0 Å². The first kappa shape index (κ1) is 24.9. The summed E-state index contributed by atoms with van der Waals surface area (Å²) >= 11 is 9.53. The van der Waals surface area contributed by atoms with E-state index in [0.29, 0.717) is 22.0 Å².